The van der Waals surface area contributed by atoms with E-state index in [0.717, 1.165) is 23.2 Å². The number of hydrogen-bond acceptors (Lipinski definition) is 5. The van der Waals surface area contributed by atoms with Crippen LogP contribution in [0.5, 0.6) is 0 Å². The highest BCUT2D eigenvalue weighted by atomic mass is 16.5. The van der Waals surface area contributed by atoms with Crippen molar-refractivity contribution in [2.75, 3.05) is 12.0 Å². The minimum Gasteiger partial charge on any atom is -0.376 e. The van der Waals surface area contributed by atoms with Gasteiger partial charge in [0, 0.05) is 17.5 Å². The Morgan fingerprint density at radius 1 is 1.32 bits per heavy atom. The molecule has 1 aliphatic heterocycles. The number of aryl methyl sites for hydroxylation is 1. The fraction of sp³-hybridized carbons (Fsp3) is 0.286. The Bertz CT molecular complexity index is 595. The molecule has 0 unspecified atom stereocenters. The number of rotatable bonds is 2. The smallest absolute Gasteiger partial charge is 0.161 e. The number of ether oxygens (including phenoxy) is 1. The van der Waals surface area contributed by atoms with Gasteiger partial charge in [-0.3, -0.25) is 0 Å². The maximum atomic E-state index is 5.55. The van der Waals surface area contributed by atoms with Crippen LogP contribution in [-0.4, -0.2) is 16.6 Å². The summed E-state index contributed by atoms with van der Waals surface area (Å²) in [5, 5.41) is 0. The topological polar surface area (TPSA) is 73.1 Å². The van der Waals surface area contributed by atoms with Crippen molar-refractivity contribution in [3.63, 3.8) is 0 Å². The zero-order valence-electron chi connectivity index (χ0n) is 10.8. The SMILES string of the molecule is Cc1cccc(-c2nc3c(c(NN)n2)COCC3)c1. The van der Waals surface area contributed by atoms with E-state index in [0.29, 0.717) is 24.9 Å². The molecular formula is C14H16N4O. The molecular weight excluding hydrogens is 240 g/mol. The van der Waals surface area contributed by atoms with Gasteiger partial charge < -0.3 is 10.2 Å². The van der Waals surface area contributed by atoms with Crippen molar-refractivity contribution < 1.29 is 4.74 Å². The lowest BCUT2D eigenvalue weighted by Crippen LogP contribution is -2.19. The molecule has 0 fully saturated rings. The Balaban J connectivity index is 2.12. The quantitative estimate of drug-likeness (QED) is 0.633. The number of aromatic nitrogens is 2. The van der Waals surface area contributed by atoms with Gasteiger partial charge in [0.05, 0.1) is 18.9 Å². The molecule has 2 heterocycles. The maximum Gasteiger partial charge on any atom is 0.161 e. The molecule has 1 aromatic heterocycles. The molecule has 0 atom stereocenters. The Hall–Kier alpha value is -1.98. The highest BCUT2D eigenvalue weighted by molar-refractivity contribution is 5.60. The first-order valence-corrected chi connectivity index (χ1v) is 6.29. The molecule has 1 aliphatic rings. The minimum absolute atomic E-state index is 0.517. The van der Waals surface area contributed by atoms with Crippen molar-refractivity contribution in [1.29, 1.82) is 0 Å². The fourth-order valence-corrected chi connectivity index (χ4v) is 2.26. The number of nitrogen functional groups attached to an aromatic ring is 1. The van der Waals surface area contributed by atoms with E-state index in [-0.39, 0.29) is 0 Å². The largest absolute Gasteiger partial charge is 0.376 e. The van der Waals surface area contributed by atoms with Gasteiger partial charge in [0.25, 0.3) is 0 Å². The second-order valence-corrected chi connectivity index (χ2v) is 4.64. The molecule has 5 heteroatoms. The van der Waals surface area contributed by atoms with Gasteiger partial charge in [-0.1, -0.05) is 23.8 Å². The molecule has 0 saturated heterocycles. The summed E-state index contributed by atoms with van der Waals surface area (Å²) in [7, 11) is 0. The van der Waals surface area contributed by atoms with E-state index >= 15 is 0 Å². The zero-order chi connectivity index (χ0) is 13.2. The van der Waals surface area contributed by atoms with Crippen LogP contribution in [0.25, 0.3) is 11.4 Å². The standard InChI is InChI=1S/C14H16N4O/c1-9-3-2-4-10(7-9)13-16-12-5-6-19-8-11(12)14(17-13)18-15/h2-4,7H,5-6,8,15H2,1H3,(H,16,17,18). The number of hydrogen-bond donors (Lipinski definition) is 2. The molecule has 3 N–H and O–H groups in total. The fourth-order valence-electron chi connectivity index (χ4n) is 2.26. The van der Waals surface area contributed by atoms with E-state index in [1.54, 1.807) is 0 Å². The first-order chi connectivity index (χ1) is 9.28. The molecule has 0 amide bonds. The minimum atomic E-state index is 0.517. The van der Waals surface area contributed by atoms with Crippen molar-refractivity contribution in [3.8, 4) is 11.4 Å². The van der Waals surface area contributed by atoms with Crippen LogP contribution >= 0.6 is 0 Å². The highest BCUT2D eigenvalue weighted by Crippen LogP contribution is 2.25. The van der Waals surface area contributed by atoms with Crippen molar-refractivity contribution in [2.24, 2.45) is 5.84 Å². The Labute approximate surface area is 111 Å². The predicted octanol–water partition coefficient (Wildman–Crippen LogP) is 1.81. The molecule has 0 bridgehead atoms. The number of fused-ring (bicyclic) bond motifs is 1. The summed E-state index contributed by atoms with van der Waals surface area (Å²) >= 11 is 0. The van der Waals surface area contributed by atoms with Crippen molar-refractivity contribution in [1.82, 2.24) is 9.97 Å². The van der Waals surface area contributed by atoms with Crippen LogP contribution in [0.4, 0.5) is 5.82 Å². The van der Waals surface area contributed by atoms with Gasteiger partial charge in [0.1, 0.15) is 5.82 Å². The first-order valence-electron chi connectivity index (χ1n) is 6.29. The van der Waals surface area contributed by atoms with E-state index in [4.69, 9.17) is 10.6 Å². The summed E-state index contributed by atoms with van der Waals surface area (Å²) in [6.45, 7) is 3.27. The van der Waals surface area contributed by atoms with Gasteiger partial charge in [0.2, 0.25) is 0 Å². The second kappa shape index (κ2) is 4.95. The number of hydrazine groups is 1. The van der Waals surface area contributed by atoms with Crippen LogP contribution in [-0.2, 0) is 17.8 Å². The summed E-state index contributed by atoms with van der Waals surface area (Å²) in [6.07, 6.45) is 0.797. The average molecular weight is 256 g/mol. The van der Waals surface area contributed by atoms with Gasteiger partial charge in [-0.2, -0.15) is 0 Å². The number of benzene rings is 1. The van der Waals surface area contributed by atoms with E-state index < -0.39 is 0 Å². The third-order valence-electron chi connectivity index (χ3n) is 3.24. The van der Waals surface area contributed by atoms with E-state index in [1.807, 2.05) is 12.1 Å². The number of nitrogens with one attached hydrogen (secondary N) is 1. The molecule has 5 nitrogen and oxygen atoms in total. The van der Waals surface area contributed by atoms with Gasteiger partial charge in [-0.05, 0) is 13.0 Å². The van der Waals surface area contributed by atoms with Crippen molar-refractivity contribution in [2.45, 2.75) is 20.0 Å². The Kier molecular flexibility index (Phi) is 3.15. The van der Waals surface area contributed by atoms with Crippen molar-refractivity contribution >= 4 is 5.82 Å². The summed E-state index contributed by atoms with van der Waals surface area (Å²) in [4.78, 5) is 9.14. The lowest BCUT2D eigenvalue weighted by atomic mass is 10.1. The number of nitrogens with two attached hydrogens (primary N) is 1. The summed E-state index contributed by atoms with van der Waals surface area (Å²) in [5.74, 6) is 6.91. The third-order valence-corrected chi connectivity index (χ3v) is 3.24. The van der Waals surface area contributed by atoms with E-state index in [2.05, 4.69) is 34.5 Å². The van der Waals surface area contributed by atoms with E-state index in [9.17, 15) is 0 Å². The van der Waals surface area contributed by atoms with Gasteiger partial charge >= 0.3 is 0 Å². The highest BCUT2D eigenvalue weighted by Gasteiger charge is 2.18. The molecule has 1 aromatic carbocycles. The second-order valence-electron chi connectivity index (χ2n) is 4.64. The molecule has 0 saturated carbocycles. The third kappa shape index (κ3) is 2.30. The van der Waals surface area contributed by atoms with Crippen LogP contribution in [0.3, 0.4) is 0 Å². The molecule has 0 aliphatic carbocycles. The summed E-state index contributed by atoms with van der Waals surface area (Å²) in [5.41, 5.74) is 6.82. The monoisotopic (exact) mass is 256 g/mol. The average Bonchev–Trinajstić information content (AvgIpc) is 2.46. The van der Waals surface area contributed by atoms with E-state index in [1.165, 1.54) is 5.56 Å². The molecule has 98 valence electrons. The van der Waals surface area contributed by atoms with Gasteiger partial charge in [-0.15, -0.1) is 0 Å². The van der Waals surface area contributed by atoms with Gasteiger partial charge in [0.15, 0.2) is 5.82 Å². The molecule has 3 rings (SSSR count). The van der Waals surface area contributed by atoms with Crippen LogP contribution in [0, 0.1) is 6.92 Å². The lowest BCUT2D eigenvalue weighted by molar-refractivity contribution is 0.109. The Morgan fingerprint density at radius 3 is 3.00 bits per heavy atom. The number of nitrogens with zero attached hydrogens (tertiary/aromatic N) is 2. The summed E-state index contributed by atoms with van der Waals surface area (Å²) < 4.78 is 5.43. The lowest BCUT2D eigenvalue weighted by Gasteiger charge is -2.19. The molecule has 2 aromatic rings. The summed E-state index contributed by atoms with van der Waals surface area (Å²) in [6, 6.07) is 8.14. The van der Waals surface area contributed by atoms with Crippen molar-refractivity contribution in [3.05, 3.63) is 41.1 Å². The normalized spacial score (nSPS) is 14.0. The zero-order valence-corrected chi connectivity index (χ0v) is 10.8. The van der Waals surface area contributed by atoms with Crippen LogP contribution in [0.15, 0.2) is 24.3 Å². The molecule has 0 radical (unpaired) electrons. The van der Waals surface area contributed by atoms with Crippen LogP contribution in [0.1, 0.15) is 16.8 Å². The first kappa shape index (κ1) is 12.1. The molecule has 19 heavy (non-hydrogen) atoms. The molecule has 0 spiro atoms. The Morgan fingerprint density at radius 2 is 2.21 bits per heavy atom. The van der Waals surface area contributed by atoms with Gasteiger partial charge in [-0.25, -0.2) is 15.8 Å². The van der Waals surface area contributed by atoms with Crippen LogP contribution in [0.2, 0.25) is 0 Å². The maximum absolute atomic E-state index is 5.55. The van der Waals surface area contributed by atoms with Crippen LogP contribution < -0.4 is 11.3 Å². The number of anilines is 1. The predicted molar refractivity (Wildman–Crippen MR) is 73.4 cm³/mol.